The molecule has 12 nitrogen and oxygen atoms in total. The fraction of sp³-hybridized carbons (Fsp3) is 0.585. The molecule has 1 unspecified atom stereocenters. The molecule has 4 saturated carbocycles. The molecule has 55 heavy (non-hydrogen) atoms. The summed E-state index contributed by atoms with van der Waals surface area (Å²) in [7, 11) is -0.399. The van der Waals surface area contributed by atoms with Crippen LogP contribution in [0.5, 0.6) is 11.5 Å². The van der Waals surface area contributed by atoms with Crippen molar-refractivity contribution < 1.29 is 32.3 Å². The summed E-state index contributed by atoms with van der Waals surface area (Å²) in [6.45, 7) is 6.28. The number of carbonyl (C=O) groups excluding carboxylic acids is 3. The van der Waals surface area contributed by atoms with Crippen molar-refractivity contribution in [3.05, 3.63) is 46.8 Å². The zero-order valence-corrected chi connectivity index (χ0v) is 33.7. The van der Waals surface area contributed by atoms with Gasteiger partial charge < -0.3 is 19.7 Å². The molecule has 0 aliphatic heterocycles. The Bertz CT molecular complexity index is 2050. The lowest BCUT2D eigenvalue weighted by molar-refractivity contribution is -0.140. The van der Waals surface area contributed by atoms with Gasteiger partial charge in [-0.15, -0.1) is 17.9 Å². The fourth-order valence-corrected chi connectivity index (χ4v) is 10.5. The van der Waals surface area contributed by atoms with E-state index in [1.807, 2.05) is 31.2 Å². The summed E-state index contributed by atoms with van der Waals surface area (Å²) in [5, 5.41) is 6.30. The number of amides is 3. The Morgan fingerprint density at radius 3 is 2.45 bits per heavy atom. The number of hydrogen-bond acceptors (Lipinski definition) is 10. The van der Waals surface area contributed by atoms with Gasteiger partial charge >= 0.3 is 0 Å². The first-order valence-electron chi connectivity index (χ1n) is 19.8. The van der Waals surface area contributed by atoms with Crippen LogP contribution in [-0.2, 0) is 24.4 Å². The van der Waals surface area contributed by atoms with E-state index in [9.17, 15) is 22.8 Å². The molecule has 2 N–H and O–H groups in total. The van der Waals surface area contributed by atoms with Crippen LogP contribution >= 0.6 is 11.3 Å². The van der Waals surface area contributed by atoms with E-state index in [-0.39, 0.29) is 12.3 Å². The van der Waals surface area contributed by atoms with Gasteiger partial charge in [-0.05, 0) is 89.7 Å². The molecule has 0 radical (unpaired) electrons. The van der Waals surface area contributed by atoms with Crippen LogP contribution in [-0.4, -0.2) is 78.6 Å². The van der Waals surface area contributed by atoms with Gasteiger partial charge in [0.2, 0.25) is 21.8 Å². The molecular formula is C41H53N5O7S2. The quantitative estimate of drug-likeness (QED) is 0.121. The van der Waals surface area contributed by atoms with Gasteiger partial charge in [-0.3, -0.25) is 19.1 Å². The highest BCUT2D eigenvalue weighted by Gasteiger charge is 2.55. The van der Waals surface area contributed by atoms with Gasteiger partial charge in [-0.1, -0.05) is 25.3 Å². The number of nitrogens with one attached hydrogen (secondary N) is 2. The summed E-state index contributed by atoms with van der Waals surface area (Å²) in [5.74, 6) is -1.06. The van der Waals surface area contributed by atoms with Crippen molar-refractivity contribution in [2.45, 2.75) is 120 Å². The maximum absolute atomic E-state index is 14.1. The number of rotatable bonds is 16. The molecule has 7 rings (SSSR count). The Morgan fingerprint density at radius 2 is 1.76 bits per heavy atom. The van der Waals surface area contributed by atoms with Crippen molar-refractivity contribution in [2.75, 3.05) is 20.7 Å². The molecule has 4 fully saturated rings. The summed E-state index contributed by atoms with van der Waals surface area (Å²) >= 11 is 1.67. The molecule has 2 heterocycles. The van der Waals surface area contributed by atoms with Gasteiger partial charge in [-0.25, -0.2) is 18.4 Å². The van der Waals surface area contributed by atoms with Crippen molar-refractivity contribution in [1.29, 1.82) is 0 Å². The van der Waals surface area contributed by atoms with Crippen LogP contribution in [0.25, 0.3) is 22.3 Å². The van der Waals surface area contributed by atoms with Crippen LogP contribution in [0.4, 0.5) is 0 Å². The van der Waals surface area contributed by atoms with Crippen molar-refractivity contribution >= 4 is 50.0 Å². The number of allylic oxidation sites excluding steroid dienone is 1. The SMILES string of the molecule is C=CCCCCN(C)C(=O)C1C[C@H](Oc2cc(-c3csc(C4CCCCC4)n3)nc3c(C)c(OC)ccc23)C[C@H]1C(=O)NC1(C(=O)NS(=O)(=O)C2CC2)CC1. The van der Waals surface area contributed by atoms with Gasteiger partial charge in [0.25, 0.3) is 5.91 Å². The van der Waals surface area contributed by atoms with Gasteiger partial charge in [0, 0.05) is 41.9 Å². The van der Waals surface area contributed by atoms with Crippen molar-refractivity contribution in [3.63, 3.8) is 0 Å². The Labute approximate surface area is 327 Å². The highest BCUT2D eigenvalue weighted by Crippen LogP contribution is 2.43. The first kappa shape index (κ1) is 39.2. The third kappa shape index (κ3) is 8.55. The number of sulfonamides is 1. The van der Waals surface area contributed by atoms with E-state index in [1.54, 1.807) is 30.4 Å². The first-order valence-corrected chi connectivity index (χ1v) is 22.2. The Hall–Kier alpha value is -4.04. The monoisotopic (exact) mass is 791 g/mol. The van der Waals surface area contributed by atoms with Crippen molar-refractivity contribution in [1.82, 2.24) is 24.9 Å². The molecule has 14 heteroatoms. The molecule has 4 aliphatic rings. The van der Waals surface area contributed by atoms with Crippen LogP contribution in [0.15, 0.2) is 36.2 Å². The summed E-state index contributed by atoms with van der Waals surface area (Å²) in [6.07, 6.45) is 12.1. The highest BCUT2D eigenvalue weighted by molar-refractivity contribution is 7.91. The largest absolute Gasteiger partial charge is 0.496 e. The van der Waals surface area contributed by atoms with Gasteiger partial charge in [-0.2, -0.15) is 0 Å². The van der Waals surface area contributed by atoms with Crippen LogP contribution < -0.4 is 19.5 Å². The molecule has 3 amide bonds. The van der Waals surface area contributed by atoms with E-state index in [0.29, 0.717) is 61.8 Å². The number of methoxy groups -OCH3 is 1. The number of carbonyl (C=O) groups is 3. The molecule has 3 aromatic rings. The van der Waals surface area contributed by atoms with Crippen LogP contribution in [0.1, 0.15) is 106 Å². The average molecular weight is 792 g/mol. The second-order valence-electron chi connectivity index (χ2n) is 15.9. The maximum Gasteiger partial charge on any atom is 0.259 e. The van der Waals surface area contributed by atoms with Crippen LogP contribution in [0.2, 0.25) is 0 Å². The molecule has 0 bridgehead atoms. The molecule has 4 aliphatic carbocycles. The van der Waals surface area contributed by atoms with E-state index >= 15 is 0 Å². The van der Waals surface area contributed by atoms with E-state index < -0.39 is 50.6 Å². The fourth-order valence-electron chi connectivity index (χ4n) is 8.18. The normalized spacial score (nSPS) is 22.2. The number of aryl methyl sites for hydroxylation is 1. The number of aromatic nitrogens is 2. The van der Waals surface area contributed by atoms with Gasteiger partial charge in [0.05, 0.1) is 46.1 Å². The van der Waals surface area contributed by atoms with E-state index in [0.717, 1.165) is 59.3 Å². The molecule has 296 valence electrons. The third-order valence-electron chi connectivity index (χ3n) is 11.8. The zero-order valence-electron chi connectivity index (χ0n) is 32.1. The van der Waals surface area contributed by atoms with Crippen molar-refractivity contribution in [3.8, 4) is 22.9 Å². The zero-order chi connectivity index (χ0) is 38.9. The second-order valence-corrected chi connectivity index (χ2v) is 18.8. The maximum atomic E-state index is 14.1. The van der Waals surface area contributed by atoms with Crippen molar-refractivity contribution in [2.24, 2.45) is 11.8 Å². The molecule has 0 saturated heterocycles. The summed E-state index contributed by atoms with van der Waals surface area (Å²) in [5.41, 5.74) is 1.74. The number of benzene rings is 1. The number of hydrogen-bond donors (Lipinski definition) is 2. The summed E-state index contributed by atoms with van der Waals surface area (Å²) < 4.78 is 39.9. The molecule has 1 aromatic carbocycles. The van der Waals surface area contributed by atoms with Crippen LogP contribution in [0.3, 0.4) is 0 Å². The molecule has 3 atom stereocenters. The van der Waals surface area contributed by atoms with Crippen LogP contribution in [0, 0.1) is 18.8 Å². The van der Waals surface area contributed by atoms with Gasteiger partial charge in [0.15, 0.2) is 0 Å². The van der Waals surface area contributed by atoms with E-state index in [4.69, 9.17) is 19.4 Å². The molecular weight excluding hydrogens is 739 g/mol. The van der Waals surface area contributed by atoms with E-state index in [1.165, 1.54) is 19.3 Å². The first-order chi connectivity index (χ1) is 26.4. The number of pyridine rings is 1. The summed E-state index contributed by atoms with van der Waals surface area (Å²) in [6, 6.07) is 5.72. The third-order valence-corrected chi connectivity index (χ3v) is 14.7. The Balaban J connectivity index is 1.16. The smallest absolute Gasteiger partial charge is 0.259 e. The number of thiazole rings is 1. The minimum atomic E-state index is -3.78. The number of nitrogens with zero attached hydrogens (tertiary/aromatic N) is 3. The predicted molar refractivity (Wildman–Crippen MR) is 212 cm³/mol. The Kier molecular flexibility index (Phi) is 11.6. The molecule has 0 spiro atoms. The number of unbranched alkanes of at least 4 members (excludes halogenated alkanes) is 2. The Morgan fingerprint density at radius 1 is 1.02 bits per heavy atom. The molecule has 2 aromatic heterocycles. The van der Waals surface area contributed by atoms with Gasteiger partial charge in [0.1, 0.15) is 23.1 Å². The van der Waals surface area contributed by atoms with E-state index in [2.05, 4.69) is 22.0 Å². The average Bonchev–Trinajstić information content (AvgIpc) is 4.10. The lowest BCUT2D eigenvalue weighted by Gasteiger charge is -2.26. The minimum Gasteiger partial charge on any atom is -0.496 e. The second kappa shape index (κ2) is 16.2. The minimum absolute atomic E-state index is 0.158. The topological polar surface area (TPSA) is 157 Å². The predicted octanol–water partition coefficient (Wildman–Crippen LogP) is 6.57. The number of ether oxygens (including phenoxy) is 2. The highest BCUT2D eigenvalue weighted by atomic mass is 32.2. The standard InChI is InChI=1S/C41H53N5O7S2/c1-5-6-7-11-20-46(3)39(48)31-22-27(21-30(31)37(47)44-41(18-19-41)40(49)45-55(50,51)28-14-15-28)53-35-23-32(42-36-25(2)34(52-4)17-16-29(35)36)33-24-54-38(43-33)26-12-9-8-10-13-26/h5,16-17,23-24,26-28,30-31H,1,6-15,18-22H2,2-4H3,(H,44,47)(H,45,49)/t27-,30-,31?/m1/s1. The lowest BCUT2D eigenvalue weighted by Crippen LogP contribution is -2.53. The summed E-state index contributed by atoms with van der Waals surface area (Å²) in [4.78, 5) is 53.3. The number of fused-ring (bicyclic) bond motifs is 1. The lowest BCUT2D eigenvalue weighted by atomic mass is 9.90.